The molecule has 1 aliphatic heterocycles. The van der Waals surface area contributed by atoms with Gasteiger partial charge in [0.05, 0.1) is 15.1 Å². The third kappa shape index (κ3) is 5.96. The molecule has 3 aromatic rings. The van der Waals surface area contributed by atoms with E-state index in [1.54, 1.807) is 33.5 Å². The zero-order valence-corrected chi connectivity index (χ0v) is 23.3. The third-order valence-corrected chi connectivity index (χ3v) is 9.71. The molecule has 2 heterocycles. The van der Waals surface area contributed by atoms with E-state index in [9.17, 15) is 13.2 Å². The Kier molecular flexibility index (Phi) is 8.44. The second-order valence-electron chi connectivity index (χ2n) is 9.86. The lowest BCUT2D eigenvalue weighted by Gasteiger charge is -2.22. The molecule has 1 aliphatic rings. The molecule has 9 heteroatoms. The monoisotopic (exact) mass is 528 g/mol. The van der Waals surface area contributed by atoms with E-state index in [1.807, 2.05) is 14.1 Å². The predicted octanol–water partition coefficient (Wildman–Crippen LogP) is 5.08. The number of hydrogen-bond acceptors (Lipinski definition) is 6. The van der Waals surface area contributed by atoms with Crippen LogP contribution in [0.15, 0.2) is 41.3 Å². The van der Waals surface area contributed by atoms with Crippen LogP contribution in [0.3, 0.4) is 0 Å². The number of rotatable bonds is 8. The summed E-state index contributed by atoms with van der Waals surface area (Å²) in [7, 11) is 0.469. The molecule has 0 bridgehead atoms. The van der Waals surface area contributed by atoms with Gasteiger partial charge in [-0.1, -0.05) is 24.2 Å². The largest absolute Gasteiger partial charge is 0.309 e. The summed E-state index contributed by atoms with van der Waals surface area (Å²) in [5, 5.41) is 0.667. The van der Waals surface area contributed by atoms with Gasteiger partial charge in [-0.3, -0.25) is 9.69 Å². The van der Waals surface area contributed by atoms with Gasteiger partial charge in [0.1, 0.15) is 0 Å². The van der Waals surface area contributed by atoms with Crippen molar-refractivity contribution in [2.45, 2.75) is 50.8 Å². The molecule has 0 atom stereocenters. The normalized spacial score (nSPS) is 15.4. The zero-order valence-electron chi connectivity index (χ0n) is 21.7. The molecule has 1 saturated heterocycles. The zero-order chi connectivity index (χ0) is 25.9. The minimum Gasteiger partial charge on any atom is -0.309 e. The Bertz CT molecular complexity index is 1270. The van der Waals surface area contributed by atoms with Gasteiger partial charge < -0.3 is 4.90 Å². The highest BCUT2D eigenvalue weighted by atomic mass is 32.2. The van der Waals surface area contributed by atoms with Gasteiger partial charge in [-0.15, -0.1) is 0 Å². The van der Waals surface area contributed by atoms with Crippen molar-refractivity contribution in [3.63, 3.8) is 0 Å². The van der Waals surface area contributed by atoms with E-state index in [1.165, 1.54) is 22.5 Å². The number of aryl methyl sites for hydroxylation is 2. The second kappa shape index (κ2) is 11.4. The molecular weight excluding hydrogens is 492 g/mol. The van der Waals surface area contributed by atoms with Gasteiger partial charge in [-0.25, -0.2) is 13.4 Å². The van der Waals surface area contributed by atoms with Gasteiger partial charge in [0.2, 0.25) is 10.0 Å². The maximum absolute atomic E-state index is 13.7. The molecule has 4 rings (SSSR count). The number of nitrogens with zero attached hydrogens (tertiary/aromatic N) is 4. The standard InChI is InChI=1S/C27H36N4O3S2/c1-20-18-24-25(19-21(20)2)35-27(28-24)31(17-9-14-29(3)4)26(32)22-10-12-23(13-11-22)36(33,34)30-15-7-5-6-8-16-30/h10-13,18-19H,5-9,14-17H2,1-4H3. The van der Waals surface area contributed by atoms with Crippen LogP contribution in [0.2, 0.25) is 0 Å². The van der Waals surface area contributed by atoms with Gasteiger partial charge in [0.15, 0.2) is 5.13 Å². The van der Waals surface area contributed by atoms with Crippen LogP contribution in [-0.2, 0) is 10.0 Å². The number of hydrogen-bond donors (Lipinski definition) is 0. The molecule has 0 N–H and O–H groups in total. The van der Waals surface area contributed by atoms with Gasteiger partial charge in [-0.2, -0.15) is 4.31 Å². The van der Waals surface area contributed by atoms with Crippen LogP contribution < -0.4 is 4.90 Å². The van der Waals surface area contributed by atoms with Gasteiger partial charge in [0, 0.05) is 25.2 Å². The molecule has 1 aromatic heterocycles. The van der Waals surface area contributed by atoms with Crippen LogP contribution in [0, 0.1) is 13.8 Å². The quantitative estimate of drug-likeness (QED) is 0.408. The lowest BCUT2D eigenvalue weighted by molar-refractivity contribution is 0.0986. The summed E-state index contributed by atoms with van der Waals surface area (Å²) in [4.78, 5) is 22.5. The average Bonchev–Trinajstić information content (AvgIpc) is 3.05. The number of carbonyl (C=O) groups excluding carboxylic acids is 1. The summed E-state index contributed by atoms with van der Waals surface area (Å²) in [6.45, 7) is 6.63. The van der Waals surface area contributed by atoms with Crippen molar-refractivity contribution in [1.29, 1.82) is 0 Å². The van der Waals surface area contributed by atoms with Gasteiger partial charge in [-0.05, 0) is 101 Å². The molecular formula is C27H36N4O3S2. The van der Waals surface area contributed by atoms with E-state index in [2.05, 4.69) is 30.9 Å². The summed E-state index contributed by atoms with van der Waals surface area (Å²) >= 11 is 1.52. The van der Waals surface area contributed by atoms with Crippen LogP contribution in [0.4, 0.5) is 5.13 Å². The Morgan fingerprint density at radius 3 is 2.25 bits per heavy atom. The molecule has 2 aromatic carbocycles. The van der Waals surface area contributed by atoms with E-state index in [4.69, 9.17) is 4.98 Å². The SMILES string of the molecule is Cc1cc2nc(N(CCCN(C)C)C(=O)c3ccc(S(=O)(=O)N4CCCCCC4)cc3)sc2cc1C. The lowest BCUT2D eigenvalue weighted by atomic mass is 10.1. The van der Waals surface area contributed by atoms with Crippen LogP contribution >= 0.6 is 11.3 Å². The van der Waals surface area contributed by atoms with Crippen molar-refractivity contribution in [3.8, 4) is 0 Å². The fraction of sp³-hybridized carbons (Fsp3) is 0.481. The van der Waals surface area contributed by atoms with Crippen LogP contribution in [0.1, 0.15) is 53.6 Å². The Balaban J connectivity index is 1.61. The van der Waals surface area contributed by atoms with Crippen molar-refractivity contribution >= 4 is 42.6 Å². The molecule has 36 heavy (non-hydrogen) atoms. The van der Waals surface area contributed by atoms with Crippen LogP contribution in [-0.4, -0.2) is 68.8 Å². The number of amides is 1. The first-order chi connectivity index (χ1) is 17.2. The number of thiazole rings is 1. The highest BCUT2D eigenvalue weighted by molar-refractivity contribution is 7.89. The van der Waals surface area contributed by atoms with E-state index >= 15 is 0 Å². The minimum absolute atomic E-state index is 0.167. The first kappa shape index (κ1) is 26.7. The summed E-state index contributed by atoms with van der Waals surface area (Å²) in [5.41, 5.74) is 3.72. The fourth-order valence-corrected chi connectivity index (χ4v) is 7.06. The number of benzene rings is 2. The molecule has 0 radical (unpaired) electrons. The molecule has 0 spiro atoms. The van der Waals surface area contributed by atoms with Crippen LogP contribution in [0.5, 0.6) is 0 Å². The van der Waals surface area contributed by atoms with Crippen LogP contribution in [0.25, 0.3) is 10.2 Å². The first-order valence-corrected chi connectivity index (χ1v) is 14.9. The number of sulfonamides is 1. The molecule has 1 amide bonds. The van der Waals surface area contributed by atoms with E-state index in [-0.39, 0.29) is 10.8 Å². The van der Waals surface area contributed by atoms with Crippen molar-refractivity contribution in [3.05, 3.63) is 53.1 Å². The molecule has 0 unspecified atom stereocenters. The van der Waals surface area contributed by atoms with E-state index in [0.717, 1.165) is 48.9 Å². The van der Waals surface area contributed by atoms with Crippen molar-refractivity contribution in [2.24, 2.45) is 0 Å². The highest BCUT2D eigenvalue weighted by Gasteiger charge is 2.26. The summed E-state index contributed by atoms with van der Waals surface area (Å²) in [5.74, 6) is -0.167. The van der Waals surface area contributed by atoms with Crippen molar-refractivity contribution < 1.29 is 13.2 Å². The molecule has 194 valence electrons. The van der Waals surface area contributed by atoms with Gasteiger partial charge in [0.25, 0.3) is 5.91 Å². The molecule has 7 nitrogen and oxygen atoms in total. The average molecular weight is 529 g/mol. The lowest BCUT2D eigenvalue weighted by Crippen LogP contribution is -2.34. The molecule has 1 fully saturated rings. The summed E-state index contributed by atoms with van der Waals surface area (Å²) < 4.78 is 28.9. The van der Waals surface area contributed by atoms with Gasteiger partial charge >= 0.3 is 0 Å². The van der Waals surface area contributed by atoms with E-state index < -0.39 is 10.0 Å². The number of carbonyl (C=O) groups is 1. The Morgan fingerprint density at radius 2 is 1.61 bits per heavy atom. The number of fused-ring (bicyclic) bond motifs is 1. The first-order valence-electron chi connectivity index (χ1n) is 12.6. The maximum atomic E-state index is 13.7. The minimum atomic E-state index is -3.56. The van der Waals surface area contributed by atoms with E-state index in [0.29, 0.717) is 30.3 Å². The molecule has 0 aliphatic carbocycles. The van der Waals surface area contributed by atoms with Crippen molar-refractivity contribution in [1.82, 2.24) is 14.2 Å². The highest BCUT2D eigenvalue weighted by Crippen LogP contribution is 2.32. The Labute approximate surface area is 218 Å². The summed E-state index contributed by atoms with van der Waals surface area (Å²) in [6, 6.07) is 10.6. The predicted molar refractivity (Wildman–Crippen MR) is 148 cm³/mol. The second-order valence-corrected chi connectivity index (χ2v) is 12.8. The Hall–Kier alpha value is -2.33. The maximum Gasteiger partial charge on any atom is 0.260 e. The molecule has 0 saturated carbocycles. The smallest absolute Gasteiger partial charge is 0.260 e. The summed E-state index contributed by atoms with van der Waals surface area (Å²) in [6.07, 6.45) is 4.70. The fourth-order valence-electron chi connectivity index (χ4n) is 4.47. The Morgan fingerprint density at radius 1 is 0.972 bits per heavy atom. The number of anilines is 1. The third-order valence-electron chi connectivity index (χ3n) is 6.76. The van der Waals surface area contributed by atoms with Crippen molar-refractivity contribution in [2.75, 3.05) is 45.2 Å². The topological polar surface area (TPSA) is 73.8 Å². The number of aromatic nitrogens is 1.